The van der Waals surface area contributed by atoms with Crippen LogP contribution in [0.25, 0.3) is 20.9 Å². The summed E-state index contributed by atoms with van der Waals surface area (Å²) >= 11 is 7.70. The monoisotopic (exact) mass is 249 g/mol. The molecule has 16 heavy (non-hydrogen) atoms. The third-order valence-corrected chi connectivity index (χ3v) is 3.89. The van der Waals surface area contributed by atoms with Crippen molar-refractivity contribution in [3.8, 4) is 10.7 Å². The third-order valence-electron chi connectivity index (χ3n) is 2.30. The maximum Gasteiger partial charge on any atom is 0.147 e. The van der Waals surface area contributed by atoms with Gasteiger partial charge in [-0.2, -0.15) is 0 Å². The maximum absolute atomic E-state index is 6.10. The van der Waals surface area contributed by atoms with Gasteiger partial charge in [0.05, 0.1) is 20.1 Å². The molecule has 3 aromatic rings. The van der Waals surface area contributed by atoms with Crippen molar-refractivity contribution in [2.45, 2.75) is 6.92 Å². The number of halogens is 1. The van der Waals surface area contributed by atoms with Gasteiger partial charge in [0.2, 0.25) is 0 Å². The Morgan fingerprint density at radius 2 is 2.25 bits per heavy atom. The molecule has 0 radical (unpaired) electrons. The first-order chi connectivity index (χ1) is 7.74. The quantitative estimate of drug-likeness (QED) is 0.715. The molecule has 5 heteroatoms. The van der Waals surface area contributed by atoms with Gasteiger partial charge in [0.25, 0.3) is 0 Å². The SMILES string of the molecule is Cc1cnc(-c2cc3nccc(Cl)c3s2)[nH]1. The molecule has 3 heterocycles. The number of aryl methyl sites for hydroxylation is 1. The number of hydrogen-bond acceptors (Lipinski definition) is 3. The van der Waals surface area contributed by atoms with Crippen LogP contribution in [0.4, 0.5) is 0 Å². The molecule has 3 nitrogen and oxygen atoms in total. The Morgan fingerprint density at radius 1 is 1.38 bits per heavy atom. The predicted molar refractivity (Wildman–Crippen MR) is 66.9 cm³/mol. The number of aromatic amines is 1. The second-order valence-corrected chi connectivity index (χ2v) is 4.99. The van der Waals surface area contributed by atoms with Crippen LogP contribution in [0.2, 0.25) is 5.02 Å². The zero-order chi connectivity index (χ0) is 11.1. The summed E-state index contributed by atoms with van der Waals surface area (Å²) in [5.41, 5.74) is 1.97. The van der Waals surface area contributed by atoms with E-state index in [-0.39, 0.29) is 0 Å². The van der Waals surface area contributed by atoms with Crippen LogP contribution in [-0.2, 0) is 0 Å². The lowest BCUT2D eigenvalue weighted by Crippen LogP contribution is -1.74. The van der Waals surface area contributed by atoms with Gasteiger partial charge in [-0.3, -0.25) is 4.98 Å². The minimum absolute atomic E-state index is 0.740. The summed E-state index contributed by atoms with van der Waals surface area (Å²) in [6.07, 6.45) is 3.53. The highest BCUT2D eigenvalue weighted by atomic mass is 35.5. The van der Waals surface area contributed by atoms with E-state index in [0.29, 0.717) is 0 Å². The third kappa shape index (κ3) is 1.50. The fraction of sp³-hybridized carbons (Fsp3) is 0.0909. The summed E-state index contributed by atoms with van der Waals surface area (Å²) in [5, 5.41) is 0.740. The number of H-pyrrole nitrogens is 1. The first-order valence-corrected chi connectivity index (χ1v) is 5.99. The van der Waals surface area contributed by atoms with E-state index in [1.807, 2.05) is 19.2 Å². The average molecular weight is 250 g/mol. The molecular weight excluding hydrogens is 242 g/mol. The lowest BCUT2D eigenvalue weighted by Gasteiger charge is -1.89. The summed E-state index contributed by atoms with van der Waals surface area (Å²) in [5.74, 6) is 0.872. The molecule has 0 saturated carbocycles. The second-order valence-electron chi connectivity index (χ2n) is 3.53. The van der Waals surface area contributed by atoms with Gasteiger partial charge in [-0.15, -0.1) is 11.3 Å². The Hall–Kier alpha value is -1.39. The molecule has 0 aliphatic heterocycles. The van der Waals surface area contributed by atoms with Gasteiger partial charge >= 0.3 is 0 Å². The van der Waals surface area contributed by atoms with Crippen molar-refractivity contribution in [1.82, 2.24) is 15.0 Å². The Kier molecular flexibility index (Phi) is 2.19. The van der Waals surface area contributed by atoms with Gasteiger partial charge in [-0.05, 0) is 19.1 Å². The lowest BCUT2D eigenvalue weighted by molar-refractivity contribution is 1.26. The van der Waals surface area contributed by atoms with E-state index in [9.17, 15) is 0 Å². The van der Waals surface area contributed by atoms with Crippen LogP contribution in [0.3, 0.4) is 0 Å². The van der Waals surface area contributed by atoms with Crippen molar-refractivity contribution >= 4 is 33.2 Å². The average Bonchev–Trinajstić information content (AvgIpc) is 2.84. The minimum Gasteiger partial charge on any atom is -0.341 e. The molecule has 0 bridgehead atoms. The molecule has 0 spiro atoms. The van der Waals surface area contributed by atoms with Crippen LogP contribution in [-0.4, -0.2) is 15.0 Å². The van der Waals surface area contributed by atoms with Gasteiger partial charge < -0.3 is 4.98 Å². The molecule has 0 aromatic carbocycles. The van der Waals surface area contributed by atoms with Gasteiger partial charge in [0.15, 0.2) is 0 Å². The smallest absolute Gasteiger partial charge is 0.147 e. The van der Waals surface area contributed by atoms with Crippen LogP contribution in [0.15, 0.2) is 24.5 Å². The predicted octanol–water partition coefficient (Wildman–Crippen LogP) is 3.65. The number of nitrogens with one attached hydrogen (secondary N) is 1. The fourth-order valence-electron chi connectivity index (χ4n) is 1.56. The Bertz CT molecular complexity index is 656. The lowest BCUT2D eigenvalue weighted by atomic mass is 10.3. The van der Waals surface area contributed by atoms with E-state index >= 15 is 0 Å². The molecule has 0 fully saturated rings. The van der Waals surface area contributed by atoms with Crippen molar-refractivity contribution in [3.05, 3.63) is 35.2 Å². The van der Waals surface area contributed by atoms with Crippen LogP contribution < -0.4 is 0 Å². The number of nitrogens with zero attached hydrogens (tertiary/aromatic N) is 2. The molecule has 0 aliphatic carbocycles. The summed E-state index contributed by atoms with van der Waals surface area (Å²) < 4.78 is 1.01. The number of fused-ring (bicyclic) bond motifs is 1. The number of hydrogen-bond donors (Lipinski definition) is 1. The van der Waals surface area contributed by atoms with E-state index in [1.165, 1.54) is 0 Å². The largest absolute Gasteiger partial charge is 0.341 e. The first kappa shape index (κ1) is 9.81. The van der Waals surface area contributed by atoms with E-state index < -0.39 is 0 Å². The minimum atomic E-state index is 0.740. The normalized spacial score (nSPS) is 11.1. The number of imidazole rings is 1. The summed E-state index contributed by atoms with van der Waals surface area (Å²) in [4.78, 5) is 12.8. The summed E-state index contributed by atoms with van der Waals surface area (Å²) in [6, 6.07) is 3.81. The van der Waals surface area contributed by atoms with Crippen molar-refractivity contribution in [2.24, 2.45) is 0 Å². The molecule has 0 saturated heterocycles. The number of aromatic nitrogens is 3. The zero-order valence-electron chi connectivity index (χ0n) is 8.49. The highest BCUT2D eigenvalue weighted by molar-refractivity contribution is 7.22. The van der Waals surface area contributed by atoms with Crippen LogP contribution in [0, 0.1) is 6.92 Å². The highest BCUT2D eigenvalue weighted by Gasteiger charge is 2.09. The Balaban J connectivity index is 2.22. The zero-order valence-corrected chi connectivity index (χ0v) is 10.1. The molecular formula is C11H8ClN3S. The van der Waals surface area contributed by atoms with Gasteiger partial charge in [-0.1, -0.05) is 11.6 Å². The maximum atomic E-state index is 6.10. The van der Waals surface area contributed by atoms with Crippen molar-refractivity contribution in [1.29, 1.82) is 0 Å². The fourth-order valence-corrected chi connectivity index (χ4v) is 2.80. The van der Waals surface area contributed by atoms with Gasteiger partial charge in [-0.25, -0.2) is 4.98 Å². The summed E-state index contributed by atoms with van der Waals surface area (Å²) in [7, 11) is 0. The van der Waals surface area contributed by atoms with E-state index in [1.54, 1.807) is 23.6 Å². The molecule has 0 atom stereocenters. The molecule has 3 aromatic heterocycles. The topological polar surface area (TPSA) is 41.6 Å². The molecule has 0 unspecified atom stereocenters. The summed E-state index contributed by atoms with van der Waals surface area (Å²) in [6.45, 7) is 1.98. The number of pyridine rings is 1. The molecule has 1 N–H and O–H groups in total. The standard InChI is InChI=1S/C11H8ClN3S/c1-6-5-14-11(15-6)9-4-8-10(16-9)7(12)2-3-13-8/h2-5H,1H3,(H,14,15). The van der Waals surface area contributed by atoms with Crippen molar-refractivity contribution in [2.75, 3.05) is 0 Å². The van der Waals surface area contributed by atoms with Crippen LogP contribution in [0.5, 0.6) is 0 Å². The van der Waals surface area contributed by atoms with E-state index in [2.05, 4.69) is 15.0 Å². The second kappa shape index (κ2) is 3.57. The first-order valence-electron chi connectivity index (χ1n) is 4.80. The molecule has 0 aliphatic rings. The molecule has 0 amide bonds. The van der Waals surface area contributed by atoms with Crippen molar-refractivity contribution < 1.29 is 0 Å². The Labute approximate surface area is 101 Å². The van der Waals surface area contributed by atoms with Crippen LogP contribution in [0.1, 0.15) is 5.69 Å². The van der Waals surface area contributed by atoms with E-state index in [4.69, 9.17) is 11.6 Å². The van der Waals surface area contributed by atoms with Gasteiger partial charge in [0.1, 0.15) is 5.82 Å². The number of rotatable bonds is 1. The van der Waals surface area contributed by atoms with E-state index in [0.717, 1.165) is 31.6 Å². The van der Waals surface area contributed by atoms with Crippen molar-refractivity contribution in [3.63, 3.8) is 0 Å². The highest BCUT2D eigenvalue weighted by Crippen LogP contribution is 2.34. The van der Waals surface area contributed by atoms with Gasteiger partial charge in [0, 0.05) is 18.1 Å². The molecule has 3 rings (SSSR count). The van der Waals surface area contributed by atoms with Crippen LogP contribution >= 0.6 is 22.9 Å². The molecule has 80 valence electrons. The Morgan fingerprint density at radius 3 is 2.94 bits per heavy atom. The number of thiophene rings is 1.